The lowest BCUT2D eigenvalue weighted by Crippen LogP contribution is -2.57. The van der Waals surface area contributed by atoms with Crippen LogP contribution in [0.4, 0.5) is 5.69 Å². The standard InChI is InChI=1S/C29H20Cl2N2O7/c30-28-18-5-1-2-6-19(18)29(31,21-8-4-3-7-20(21)28)25-24(28)26(36)32(27(25)37)14-13-23(35)40-15-22(34)16-9-11-17(12-10-16)33(38)39/h1-12,24-25H,13-15H2/t24-,25-,28?,29?/m1/s1. The van der Waals surface area contributed by atoms with Crippen molar-refractivity contribution >= 4 is 52.5 Å². The number of carbonyl (C=O) groups excluding carboxylic acids is 4. The van der Waals surface area contributed by atoms with Crippen LogP contribution in [0.15, 0.2) is 72.8 Å². The number of nitrogens with zero attached hydrogens (tertiary/aromatic N) is 2. The summed E-state index contributed by atoms with van der Waals surface area (Å²) in [7, 11) is 0. The Hall–Kier alpha value is -4.08. The van der Waals surface area contributed by atoms with Gasteiger partial charge in [-0.05, 0) is 34.4 Å². The number of nitro benzene ring substituents is 1. The Morgan fingerprint density at radius 1 is 0.825 bits per heavy atom. The minimum atomic E-state index is -1.31. The van der Waals surface area contributed by atoms with E-state index in [4.69, 9.17) is 27.9 Å². The fraction of sp³-hybridized carbons (Fsp3) is 0.241. The van der Waals surface area contributed by atoms with E-state index in [0.29, 0.717) is 22.3 Å². The summed E-state index contributed by atoms with van der Waals surface area (Å²) in [6.45, 7) is -0.855. The second-order valence-electron chi connectivity index (χ2n) is 9.94. The van der Waals surface area contributed by atoms with E-state index in [2.05, 4.69) is 0 Å². The molecule has 7 rings (SSSR count). The lowest BCUT2D eigenvalue weighted by Gasteiger charge is -2.54. The van der Waals surface area contributed by atoms with Crippen molar-refractivity contribution in [3.8, 4) is 0 Å². The van der Waals surface area contributed by atoms with E-state index in [1.807, 2.05) is 48.5 Å². The van der Waals surface area contributed by atoms with Crippen molar-refractivity contribution in [2.45, 2.75) is 16.2 Å². The van der Waals surface area contributed by atoms with Gasteiger partial charge in [0.2, 0.25) is 11.8 Å². The van der Waals surface area contributed by atoms with Gasteiger partial charge in [0.05, 0.1) is 23.2 Å². The predicted octanol–water partition coefficient (Wildman–Crippen LogP) is 4.30. The summed E-state index contributed by atoms with van der Waals surface area (Å²) in [5.41, 5.74) is 2.68. The molecule has 1 aliphatic heterocycles. The lowest BCUT2D eigenvalue weighted by atomic mass is 9.54. The zero-order valence-electron chi connectivity index (χ0n) is 20.7. The van der Waals surface area contributed by atoms with Gasteiger partial charge in [-0.2, -0.15) is 0 Å². The first-order valence-corrected chi connectivity index (χ1v) is 13.2. The number of non-ortho nitro benzene ring substituents is 1. The molecule has 9 nitrogen and oxygen atoms in total. The van der Waals surface area contributed by atoms with Gasteiger partial charge in [0, 0.05) is 24.2 Å². The summed E-state index contributed by atoms with van der Waals surface area (Å²) >= 11 is 14.7. The molecule has 0 radical (unpaired) electrons. The van der Waals surface area contributed by atoms with E-state index in [1.165, 1.54) is 24.3 Å². The number of hydrogen-bond acceptors (Lipinski definition) is 7. The van der Waals surface area contributed by atoms with Crippen LogP contribution >= 0.6 is 23.2 Å². The van der Waals surface area contributed by atoms with Crippen molar-refractivity contribution in [1.82, 2.24) is 4.90 Å². The van der Waals surface area contributed by atoms with Crippen molar-refractivity contribution in [1.29, 1.82) is 0 Å². The summed E-state index contributed by atoms with van der Waals surface area (Å²) in [5, 5.41) is 10.8. The molecule has 40 heavy (non-hydrogen) atoms. The largest absolute Gasteiger partial charge is 0.457 e. The van der Waals surface area contributed by atoms with Gasteiger partial charge in [-0.3, -0.25) is 34.2 Å². The molecular weight excluding hydrogens is 559 g/mol. The van der Waals surface area contributed by atoms with Gasteiger partial charge in [0.15, 0.2) is 12.4 Å². The molecule has 1 saturated heterocycles. The summed E-state index contributed by atoms with van der Waals surface area (Å²) in [6.07, 6.45) is -0.338. The monoisotopic (exact) mass is 578 g/mol. The maximum absolute atomic E-state index is 13.8. The van der Waals surface area contributed by atoms with E-state index in [0.717, 1.165) is 4.90 Å². The Balaban J connectivity index is 1.20. The number of carbonyl (C=O) groups is 4. The Labute approximate surface area is 237 Å². The number of halogens is 2. The number of rotatable bonds is 7. The molecule has 3 aromatic rings. The molecule has 11 heteroatoms. The number of esters is 1. The molecule has 2 amide bonds. The average Bonchev–Trinajstić information content (AvgIpc) is 3.23. The van der Waals surface area contributed by atoms with Crippen LogP contribution in [0.25, 0.3) is 0 Å². The second kappa shape index (κ2) is 9.25. The van der Waals surface area contributed by atoms with E-state index in [1.54, 1.807) is 0 Å². The van der Waals surface area contributed by atoms with E-state index < -0.39 is 56.7 Å². The zero-order chi connectivity index (χ0) is 28.4. The SMILES string of the molecule is O=C(CCN1C(=O)[C@H]2[C@H](C1=O)C1(Cl)c3ccccc3C2(Cl)c2ccccc21)OCC(=O)c1ccc([N+](=O)[O-])cc1. The highest BCUT2D eigenvalue weighted by Gasteiger charge is 2.72. The first-order chi connectivity index (χ1) is 19.1. The van der Waals surface area contributed by atoms with Crippen molar-refractivity contribution in [2.24, 2.45) is 11.8 Å². The number of Topliss-reactive ketones (excluding diaryl/α,β-unsaturated/α-hetero) is 1. The van der Waals surface area contributed by atoms with Crippen LogP contribution in [0.1, 0.15) is 39.0 Å². The molecule has 3 aliphatic carbocycles. The molecule has 2 atom stereocenters. The van der Waals surface area contributed by atoms with Crippen LogP contribution in [0.2, 0.25) is 0 Å². The molecule has 4 aliphatic rings. The third-order valence-electron chi connectivity index (χ3n) is 7.98. The lowest BCUT2D eigenvalue weighted by molar-refractivity contribution is -0.384. The number of alkyl halides is 2. The highest BCUT2D eigenvalue weighted by atomic mass is 35.5. The molecular formula is C29H20Cl2N2O7. The average molecular weight is 579 g/mol. The second-order valence-corrected chi connectivity index (χ2v) is 11.1. The van der Waals surface area contributed by atoms with Gasteiger partial charge in [0.25, 0.3) is 5.69 Å². The van der Waals surface area contributed by atoms with Crippen LogP contribution in [0.3, 0.4) is 0 Å². The maximum Gasteiger partial charge on any atom is 0.308 e. The van der Waals surface area contributed by atoms with Crippen molar-refractivity contribution in [3.05, 3.63) is 111 Å². The minimum Gasteiger partial charge on any atom is -0.457 e. The van der Waals surface area contributed by atoms with Gasteiger partial charge >= 0.3 is 5.97 Å². The van der Waals surface area contributed by atoms with Crippen molar-refractivity contribution in [3.63, 3.8) is 0 Å². The third kappa shape index (κ3) is 3.54. The van der Waals surface area contributed by atoms with Crippen LogP contribution < -0.4 is 0 Å². The summed E-state index contributed by atoms with van der Waals surface area (Å²) in [6, 6.07) is 19.4. The number of likely N-dealkylation sites (tertiary alicyclic amines) is 1. The first-order valence-electron chi connectivity index (χ1n) is 12.5. The van der Waals surface area contributed by atoms with Gasteiger partial charge in [-0.1, -0.05) is 48.5 Å². The van der Waals surface area contributed by atoms with Gasteiger partial charge < -0.3 is 4.74 Å². The quantitative estimate of drug-likeness (QED) is 0.102. The highest BCUT2D eigenvalue weighted by Crippen LogP contribution is 2.69. The molecule has 202 valence electrons. The van der Waals surface area contributed by atoms with Crippen LogP contribution in [-0.4, -0.2) is 46.5 Å². The van der Waals surface area contributed by atoms with E-state index >= 15 is 0 Å². The number of benzene rings is 3. The Bertz CT molecular complexity index is 1500. The fourth-order valence-electron chi connectivity index (χ4n) is 6.22. The Morgan fingerprint density at radius 3 is 1.70 bits per heavy atom. The topological polar surface area (TPSA) is 124 Å². The number of ketones is 1. The van der Waals surface area contributed by atoms with Gasteiger partial charge in [-0.15, -0.1) is 23.2 Å². The predicted molar refractivity (Wildman–Crippen MR) is 143 cm³/mol. The summed E-state index contributed by atoms with van der Waals surface area (Å²) in [4.78, 5) is 60.9. The smallest absolute Gasteiger partial charge is 0.308 e. The number of hydrogen-bond donors (Lipinski definition) is 0. The molecule has 2 bridgehead atoms. The highest BCUT2D eigenvalue weighted by molar-refractivity contribution is 6.36. The van der Waals surface area contributed by atoms with Crippen LogP contribution in [-0.2, 0) is 28.9 Å². The first kappa shape index (κ1) is 26.2. The van der Waals surface area contributed by atoms with Crippen molar-refractivity contribution < 1.29 is 28.8 Å². The third-order valence-corrected chi connectivity index (χ3v) is 9.27. The molecule has 0 unspecified atom stereocenters. The van der Waals surface area contributed by atoms with E-state index in [9.17, 15) is 29.3 Å². The fourth-order valence-corrected chi connectivity index (χ4v) is 7.32. The number of nitro groups is 1. The normalized spacial score (nSPS) is 25.7. The minimum absolute atomic E-state index is 0.141. The van der Waals surface area contributed by atoms with Crippen molar-refractivity contribution in [2.75, 3.05) is 13.2 Å². The summed E-state index contributed by atoms with van der Waals surface area (Å²) < 4.78 is 5.06. The molecule has 0 spiro atoms. The number of amides is 2. The summed E-state index contributed by atoms with van der Waals surface area (Å²) in [5.74, 6) is -4.32. The Kier molecular flexibility index (Phi) is 6.05. The van der Waals surface area contributed by atoms with Crippen LogP contribution in [0, 0.1) is 22.0 Å². The number of imide groups is 1. The Morgan fingerprint density at radius 2 is 1.27 bits per heavy atom. The molecule has 0 saturated carbocycles. The van der Waals surface area contributed by atoms with Gasteiger partial charge in [-0.25, -0.2) is 0 Å². The zero-order valence-corrected chi connectivity index (χ0v) is 22.2. The van der Waals surface area contributed by atoms with E-state index in [-0.39, 0.29) is 24.2 Å². The number of ether oxygens (including phenoxy) is 1. The maximum atomic E-state index is 13.8. The van der Waals surface area contributed by atoms with Gasteiger partial charge in [0.1, 0.15) is 9.75 Å². The molecule has 0 aromatic heterocycles. The molecule has 3 aromatic carbocycles. The van der Waals surface area contributed by atoms with Crippen LogP contribution in [0.5, 0.6) is 0 Å². The molecule has 1 heterocycles. The molecule has 1 fully saturated rings. The molecule has 0 N–H and O–H groups in total.